The molecule has 1 amide bonds. The Bertz CT molecular complexity index is 603. The van der Waals surface area contributed by atoms with Crippen molar-refractivity contribution in [3.63, 3.8) is 0 Å². The Hall–Kier alpha value is -1.87. The van der Waals surface area contributed by atoms with Crippen molar-refractivity contribution in [2.45, 2.75) is 12.5 Å². The maximum atomic E-state index is 12.6. The molecule has 1 fully saturated rings. The van der Waals surface area contributed by atoms with Crippen LogP contribution < -0.4 is 5.32 Å². The normalized spacial score (nSPS) is 19.0. The Balaban J connectivity index is 1.94. The smallest absolute Gasteiger partial charge is 0.254 e. The van der Waals surface area contributed by atoms with Crippen LogP contribution in [0.25, 0.3) is 10.8 Å². The number of amides is 1. The molecule has 3 rings (SSSR count). The summed E-state index contributed by atoms with van der Waals surface area (Å²) in [7, 11) is 1.95. The van der Waals surface area contributed by atoms with Gasteiger partial charge in [0.15, 0.2) is 0 Å². The van der Waals surface area contributed by atoms with Crippen molar-refractivity contribution in [2.75, 3.05) is 20.1 Å². The molecule has 0 radical (unpaired) electrons. The molecule has 3 nitrogen and oxygen atoms in total. The van der Waals surface area contributed by atoms with E-state index in [4.69, 9.17) is 0 Å². The maximum Gasteiger partial charge on any atom is 0.254 e. The number of carbonyl (C=O) groups is 1. The van der Waals surface area contributed by atoms with Gasteiger partial charge in [-0.25, -0.2) is 0 Å². The summed E-state index contributed by atoms with van der Waals surface area (Å²) >= 11 is 0. The molecule has 0 saturated carbocycles. The summed E-state index contributed by atoms with van der Waals surface area (Å²) in [6, 6.07) is 14.4. The van der Waals surface area contributed by atoms with Crippen LogP contribution in [0.2, 0.25) is 0 Å². The second-order valence-electron chi connectivity index (χ2n) is 5.05. The van der Waals surface area contributed by atoms with E-state index in [2.05, 4.69) is 5.32 Å². The molecule has 1 saturated heterocycles. The van der Waals surface area contributed by atoms with Crippen LogP contribution in [0.15, 0.2) is 42.5 Å². The van der Waals surface area contributed by atoms with Gasteiger partial charge in [-0.1, -0.05) is 36.4 Å². The standard InChI is InChI=1S/C16H18N2O/c1-17-13-9-10-18(11-13)16(19)15-8-4-6-12-5-2-3-7-14(12)15/h2-8,13,17H,9-11H2,1H3. The van der Waals surface area contributed by atoms with Crippen LogP contribution in [0.1, 0.15) is 16.8 Å². The number of carbonyl (C=O) groups excluding carboxylic acids is 1. The van der Waals surface area contributed by atoms with Gasteiger partial charge in [0, 0.05) is 24.7 Å². The highest BCUT2D eigenvalue weighted by atomic mass is 16.2. The summed E-state index contributed by atoms with van der Waals surface area (Å²) in [6.07, 6.45) is 1.03. The molecule has 2 aromatic carbocycles. The highest BCUT2D eigenvalue weighted by Gasteiger charge is 2.26. The van der Waals surface area contributed by atoms with Gasteiger partial charge >= 0.3 is 0 Å². The summed E-state index contributed by atoms with van der Waals surface area (Å²) in [5.74, 6) is 0.148. The van der Waals surface area contributed by atoms with E-state index in [0.717, 1.165) is 35.8 Å². The van der Waals surface area contributed by atoms with Crippen LogP contribution in [-0.2, 0) is 0 Å². The van der Waals surface area contributed by atoms with Gasteiger partial charge in [-0.05, 0) is 30.3 Å². The van der Waals surface area contributed by atoms with Gasteiger partial charge in [0.05, 0.1) is 0 Å². The molecule has 3 heteroatoms. The largest absolute Gasteiger partial charge is 0.337 e. The lowest BCUT2D eigenvalue weighted by molar-refractivity contribution is 0.0791. The zero-order valence-corrected chi connectivity index (χ0v) is 11.1. The third-order valence-electron chi connectivity index (χ3n) is 3.90. The van der Waals surface area contributed by atoms with Crippen LogP contribution >= 0.6 is 0 Å². The highest BCUT2D eigenvalue weighted by Crippen LogP contribution is 2.21. The number of likely N-dealkylation sites (N-methyl/N-ethyl adjacent to an activating group) is 1. The van der Waals surface area contributed by atoms with Crippen molar-refractivity contribution in [3.05, 3.63) is 48.0 Å². The fraction of sp³-hybridized carbons (Fsp3) is 0.312. The first-order valence-electron chi connectivity index (χ1n) is 6.74. The predicted octanol–water partition coefficient (Wildman–Crippen LogP) is 2.27. The van der Waals surface area contributed by atoms with Gasteiger partial charge < -0.3 is 10.2 Å². The first-order chi connectivity index (χ1) is 9.29. The number of likely N-dealkylation sites (tertiary alicyclic amines) is 1. The summed E-state index contributed by atoms with van der Waals surface area (Å²) in [5, 5.41) is 5.41. The number of hydrogen-bond acceptors (Lipinski definition) is 2. The summed E-state index contributed by atoms with van der Waals surface area (Å²) in [4.78, 5) is 14.6. The molecule has 0 aliphatic carbocycles. The molecule has 19 heavy (non-hydrogen) atoms. The third-order valence-corrected chi connectivity index (χ3v) is 3.90. The van der Waals surface area contributed by atoms with Gasteiger partial charge in [0.25, 0.3) is 5.91 Å². The maximum absolute atomic E-state index is 12.6. The van der Waals surface area contributed by atoms with Crippen LogP contribution in [0.3, 0.4) is 0 Å². The Morgan fingerprint density at radius 2 is 2.00 bits per heavy atom. The molecule has 2 aromatic rings. The van der Waals surface area contributed by atoms with E-state index in [-0.39, 0.29) is 5.91 Å². The van der Waals surface area contributed by atoms with Gasteiger partial charge in [0.1, 0.15) is 0 Å². The number of benzene rings is 2. The fourth-order valence-corrected chi connectivity index (χ4v) is 2.76. The van der Waals surface area contributed by atoms with Gasteiger partial charge in [-0.3, -0.25) is 4.79 Å². The van der Waals surface area contributed by atoms with E-state index >= 15 is 0 Å². The van der Waals surface area contributed by atoms with Gasteiger partial charge in [-0.2, -0.15) is 0 Å². The number of nitrogens with zero attached hydrogens (tertiary/aromatic N) is 1. The minimum atomic E-state index is 0.148. The predicted molar refractivity (Wildman–Crippen MR) is 77.3 cm³/mol. The zero-order chi connectivity index (χ0) is 13.2. The summed E-state index contributed by atoms with van der Waals surface area (Å²) < 4.78 is 0. The Kier molecular flexibility index (Phi) is 3.22. The minimum absolute atomic E-state index is 0.148. The third kappa shape index (κ3) is 2.22. The number of rotatable bonds is 2. The lowest BCUT2D eigenvalue weighted by atomic mass is 10.0. The molecular weight excluding hydrogens is 236 g/mol. The average molecular weight is 254 g/mol. The second-order valence-corrected chi connectivity index (χ2v) is 5.05. The molecular formula is C16H18N2O. The monoisotopic (exact) mass is 254 g/mol. The topological polar surface area (TPSA) is 32.3 Å². The van der Waals surface area contributed by atoms with Crippen molar-refractivity contribution in [1.29, 1.82) is 0 Å². The van der Waals surface area contributed by atoms with Crippen LogP contribution in [0.5, 0.6) is 0 Å². The second kappa shape index (κ2) is 5.02. The van der Waals surface area contributed by atoms with Crippen molar-refractivity contribution in [1.82, 2.24) is 10.2 Å². The first-order valence-corrected chi connectivity index (χ1v) is 6.74. The zero-order valence-electron chi connectivity index (χ0n) is 11.1. The van der Waals surface area contributed by atoms with Crippen molar-refractivity contribution in [2.24, 2.45) is 0 Å². The van der Waals surface area contributed by atoms with E-state index in [9.17, 15) is 4.79 Å². The molecule has 1 atom stereocenters. The number of fused-ring (bicyclic) bond motifs is 1. The van der Waals surface area contributed by atoms with Crippen molar-refractivity contribution < 1.29 is 4.79 Å². The van der Waals surface area contributed by atoms with E-state index in [1.807, 2.05) is 54.4 Å². The van der Waals surface area contributed by atoms with E-state index in [0.29, 0.717) is 6.04 Å². The first kappa shape index (κ1) is 12.2. The Morgan fingerprint density at radius 1 is 1.21 bits per heavy atom. The fourth-order valence-electron chi connectivity index (χ4n) is 2.76. The molecule has 0 bridgehead atoms. The molecule has 1 aliphatic heterocycles. The Morgan fingerprint density at radius 3 is 2.79 bits per heavy atom. The van der Waals surface area contributed by atoms with Gasteiger partial charge in [0.2, 0.25) is 0 Å². The molecule has 1 N–H and O–H groups in total. The number of hydrogen-bond donors (Lipinski definition) is 1. The van der Waals surface area contributed by atoms with Crippen molar-refractivity contribution >= 4 is 16.7 Å². The lowest BCUT2D eigenvalue weighted by Gasteiger charge is -2.17. The van der Waals surface area contributed by atoms with Crippen LogP contribution in [0, 0.1) is 0 Å². The Labute approximate surface area is 113 Å². The van der Waals surface area contributed by atoms with Crippen molar-refractivity contribution in [3.8, 4) is 0 Å². The van der Waals surface area contributed by atoms with Crippen LogP contribution in [-0.4, -0.2) is 37.0 Å². The summed E-state index contributed by atoms with van der Waals surface area (Å²) in [6.45, 7) is 1.64. The minimum Gasteiger partial charge on any atom is -0.337 e. The van der Waals surface area contributed by atoms with E-state index in [1.54, 1.807) is 0 Å². The van der Waals surface area contributed by atoms with Crippen LogP contribution in [0.4, 0.5) is 0 Å². The molecule has 1 unspecified atom stereocenters. The molecule has 1 heterocycles. The summed E-state index contributed by atoms with van der Waals surface area (Å²) in [5.41, 5.74) is 0.815. The average Bonchev–Trinajstić information content (AvgIpc) is 2.95. The van der Waals surface area contributed by atoms with E-state index in [1.165, 1.54) is 0 Å². The molecule has 0 aromatic heterocycles. The lowest BCUT2D eigenvalue weighted by Crippen LogP contribution is -2.33. The van der Waals surface area contributed by atoms with Gasteiger partial charge in [-0.15, -0.1) is 0 Å². The molecule has 1 aliphatic rings. The number of nitrogens with one attached hydrogen (secondary N) is 1. The highest BCUT2D eigenvalue weighted by molar-refractivity contribution is 6.07. The quantitative estimate of drug-likeness (QED) is 0.891. The molecule has 0 spiro atoms. The van der Waals surface area contributed by atoms with E-state index < -0.39 is 0 Å². The SMILES string of the molecule is CNC1CCN(C(=O)c2cccc3ccccc23)C1. The molecule has 98 valence electrons.